The number of hydrogen-bond acceptors (Lipinski definition) is 6. The number of ether oxygens (including phenoxy) is 4. The minimum Gasteiger partial charge on any atom is -0.493 e. The van der Waals surface area contributed by atoms with E-state index in [1.54, 1.807) is 36.4 Å². The Morgan fingerprint density at radius 2 is 1.81 bits per heavy atom. The number of fused-ring (bicyclic) bond motifs is 1. The maximum absolute atomic E-state index is 11.7. The van der Waals surface area contributed by atoms with Crippen molar-refractivity contribution in [1.29, 1.82) is 0 Å². The van der Waals surface area contributed by atoms with E-state index in [-0.39, 0.29) is 5.70 Å². The van der Waals surface area contributed by atoms with Crippen LogP contribution in [0.15, 0.2) is 42.1 Å². The van der Waals surface area contributed by atoms with Crippen LogP contribution in [0.25, 0.3) is 6.08 Å². The lowest BCUT2D eigenvalue weighted by atomic mass is 10.00. The molecule has 2 aromatic rings. The van der Waals surface area contributed by atoms with Gasteiger partial charge in [0.05, 0.1) is 25.2 Å². The molecule has 0 saturated heterocycles. The molecule has 0 radical (unpaired) electrons. The molecule has 0 fully saturated rings. The van der Waals surface area contributed by atoms with Gasteiger partial charge in [0.2, 0.25) is 6.10 Å². The maximum Gasteiger partial charge on any atom is 0.291 e. The molecule has 0 spiro atoms. The lowest BCUT2D eigenvalue weighted by molar-refractivity contribution is -0.434. The monoisotopic (exact) mass is 371 g/mol. The summed E-state index contributed by atoms with van der Waals surface area (Å²) in [6.07, 6.45) is 0.627. The topological polar surface area (TPSA) is 80.1 Å². The molecule has 0 bridgehead atoms. The molecule has 27 heavy (non-hydrogen) atoms. The average molecular weight is 371 g/mol. The normalized spacial score (nSPS) is 15.2. The molecule has 2 aromatic carbocycles. The van der Waals surface area contributed by atoms with Crippen molar-refractivity contribution >= 4 is 6.08 Å². The number of nitro groups is 1. The van der Waals surface area contributed by atoms with Crippen molar-refractivity contribution in [2.45, 2.75) is 20.0 Å². The summed E-state index contributed by atoms with van der Waals surface area (Å²) in [7, 11) is 1.53. The summed E-state index contributed by atoms with van der Waals surface area (Å²) < 4.78 is 22.6. The molecule has 1 heterocycles. The number of para-hydroxylation sites is 1. The van der Waals surface area contributed by atoms with E-state index in [0.29, 0.717) is 47.3 Å². The molecule has 0 unspecified atom stereocenters. The highest BCUT2D eigenvalue weighted by Crippen LogP contribution is 2.44. The van der Waals surface area contributed by atoms with Gasteiger partial charge in [0.15, 0.2) is 23.0 Å². The summed E-state index contributed by atoms with van der Waals surface area (Å²) in [4.78, 5) is 11.2. The standard InChI is InChI=1S/C20H21NO6/c1-4-25-16-10-9-14(12-18(16)26-5-2)19-15(21(22)23)11-13-7-6-8-17(24-3)20(13)27-19/h6-12,19H,4-5H2,1-3H3/t19-/m0/s1. The van der Waals surface area contributed by atoms with Crippen LogP contribution < -0.4 is 18.9 Å². The molecule has 0 amide bonds. The van der Waals surface area contributed by atoms with E-state index in [9.17, 15) is 10.1 Å². The summed E-state index contributed by atoms with van der Waals surface area (Å²) in [5.74, 6) is 2.10. The molecule has 1 atom stereocenters. The lowest BCUT2D eigenvalue weighted by Crippen LogP contribution is -2.20. The Morgan fingerprint density at radius 3 is 2.48 bits per heavy atom. The summed E-state index contributed by atoms with van der Waals surface area (Å²) >= 11 is 0. The highest BCUT2D eigenvalue weighted by molar-refractivity contribution is 5.66. The fourth-order valence-electron chi connectivity index (χ4n) is 2.96. The highest BCUT2D eigenvalue weighted by Gasteiger charge is 2.35. The molecule has 0 saturated carbocycles. The molecule has 142 valence electrons. The van der Waals surface area contributed by atoms with E-state index in [4.69, 9.17) is 18.9 Å². The van der Waals surface area contributed by atoms with E-state index in [1.807, 2.05) is 13.8 Å². The maximum atomic E-state index is 11.7. The van der Waals surface area contributed by atoms with Crippen molar-refractivity contribution in [3.05, 3.63) is 63.3 Å². The minimum absolute atomic E-state index is 0.0534. The highest BCUT2D eigenvalue weighted by atomic mass is 16.6. The van der Waals surface area contributed by atoms with Crippen LogP contribution in [0.4, 0.5) is 0 Å². The van der Waals surface area contributed by atoms with Crippen molar-refractivity contribution < 1.29 is 23.9 Å². The van der Waals surface area contributed by atoms with Crippen LogP contribution >= 0.6 is 0 Å². The van der Waals surface area contributed by atoms with Crippen molar-refractivity contribution in [1.82, 2.24) is 0 Å². The van der Waals surface area contributed by atoms with Gasteiger partial charge in [0, 0.05) is 17.2 Å². The Labute approximate surface area is 157 Å². The number of nitrogens with zero attached hydrogens (tertiary/aromatic N) is 1. The molecule has 1 aliphatic rings. The van der Waals surface area contributed by atoms with Gasteiger partial charge in [0.25, 0.3) is 5.70 Å². The van der Waals surface area contributed by atoms with E-state index in [2.05, 4.69) is 0 Å². The molecular weight excluding hydrogens is 350 g/mol. The first-order valence-electron chi connectivity index (χ1n) is 8.68. The molecule has 7 heteroatoms. The number of rotatable bonds is 7. The van der Waals surface area contributed by atoms with Gasteiger partial charge in [-0.15, -0.1) is 0 Å². The smallest absolute Gasteiger partial charge is 0.291 e. The van der Waals surface area contributed by atoms with E-state index in [0.717, 1.165) is 0 Å². The Kier molecular flexibility index (Phi) is 5.49. The van der Waals surface area contributed by atoms with Gasteiger partial charge < -0.3 is 18.9 Å². The SMILES string of the molecule is CCOc1ccc([C@@H]2Oc3c(cccc3OC)C=C2[N+](=O)[O-])cc1OCC. The fourth-order valence-corrected chi connectivity index (χ4v) is 2.96. The van der Waals surface area contributed by atoms with Gasteiger partial charge in [0.1, 0.15) is 0 Å². The second-order valence-corrected chi connectivity index (χ2v) is 5.78. The first-order valence-corrected chi connectivity index (χ1v) is 8.68. The summed E-state index contributed by atoms with van der Waals surface area (Å²) in [6, 6.07) is 10.5. The van der Waals surface area contributed by atoms with Crippen LogP contribution in [0.2, 0.25) is 0 Å². The third kappa shape index (κ3) is 3.67. The van der Waals surface area contributed by atoms with Gasteiger partial charge in [-0.25, -0.2) is 0 Å². The molecule has 0 aliphatic carbocycles. The molecule has 7 nitrogen and oxygen atoms in total. The third-order valence-electron chi connectivity index (χ3n) is 4.12. The zero-order valence-electron chi connectivity index (χ0n) is 15.4. The number of methoxy groups -OCH3 is 1. The van der Waals surface area contributed by atoms with Crippen molar-refractivity contribution in [2.24, 2.45) is 0 Å². The van der Waals surface area contributed by atoms with Crippen molar-refractivity contribution in [3.63, 3.8) is 0 Å². The molecule has 0 N–H and O–H groups in total. The quantitative estimate of drug-likeness (QED) is 0.535. The van der Waals surface area contributed by atoms with Crippen LogP contribution in [0.5, 0.6) is 23.0 Å². The van der Waals surface area contributed by atoms with Crippen LogP contribution in [0, 0.1) is 10.1 Å². The summed E-state index contributed by atoms with van der Waals surface area (Å²) in [6.45, 7) is 4.68. The second-order valence-electron chi connectivity index (χ2n) is 5.78. The van der Waals surface area contributed by atoms with E-state index in [1.165, 1.54) is 13.2 Å². The number of hydrogen-bond donors (Lipinski definition) is 0. The van der Waals surface area contributed by atoms with Crippen molar-refractivity contribution in [3.8, 4) is 23.0 Å². The first kappa shape index (κ1) is 18.6. The summed E-state index contributed by atoms with van der Waals surface area (Å²) in [5, 5.41) is 11.7. The van der Waals surface area contributed by atoms with Crippen molar-refractivity contribution in [2.75, 3.05) is 20.3 Å². The van der Waals surface area contributed by atoms with Crippen LogP contribution in [0.3, 0.4) is 0 Å². The molecule has 0 aromatic heterocycles. The first-order chi connectivity index (χ1) is 13.1. The van der Waals surface area contributed by atoms with E-state index >= 15 is 0 Å². The predicted molar refractivity (Wildman–Crippen MR) is 100 cm³/mol. The van der Waals surface area contributed by atoms with Gasteiger partial charge in [-0.3, -0.25) is 10.1 Å². The Balaban J connectivity index is 2.07. The average Bonchev–Trinajstić information content (AvgIpc) is 2.68. The minimum atomic E-state index is -0.890. The largest absolute Gasteiger partial charge is 0.493 e. The molecular formula is C20H21NO6. The van der Waals surface area contributed by atoms with Gasteiger partial charge in [-0.1, -0.05) is 18.2 Å². The Morgan fingerprint density at radius 1 is 1.07 bits per heavy atom. The van der Waals surface area contributed by atoms with Crippen LogP contribution in [-0.4, -0.2) is 25.2 Å². The van der Waals surface area contributed by atoms with E-state index < -0.39 is 11.0 Å². The predicted octanol–water partition coefficient (Wildman–Crippen LogP) is 4.24. The van der Waals surface area contributed by atoms with Gasteiger partial charge >= 0.3 is 0 Å². The zero-order valence-corrected chi connectivity index (χ0v) is 15.4. The van der Waals surface area contributed by atoms with Crippen LogP contribution in [0.1, 0.15) is 31.1 Å². The Bertz CT molecular complexity index is 877. The fraction of sp³-hybridized carbons (Fsp3) is 0.300. The molecule has 1 aliphatic heterocycles. The third-order valence-corrected chi connectivity index (χ3v) is 4.12. The number of benzene rings is 2. The van der Waals surface area contributed by atoms with Crippen LogP contribution in [-0.2, 0) is 0 Å². The molecule has 3 rings (SSSR count). The zero-order chi connectivity index (χ0) is 19.4. The summed E-state index contributed by atoms with van der Waals surface area (Å²) in [5.41, 5.74) is 1.15. The second kappa shape index (κ2) is 7.99. The van der Waals surface area contributed by atoms with Gasteiger partial charge in [-0.2, -0.15) is 0 Å². The van der Waals surface area contributed by atoms with Gasteiger partial charge in [-0.05, 0) is 32.0 Å². The lowest BCUT2D eigenvalue weighted by Gasteiger charge is -2.24. The Hall–Kier alpha value is -3.22.